The monoisotopic (exact) mass is 364 g/mol. The van der Waals surface area contributed by atoms with E-state index in [1.54, 1.807) is 18.2 Å². The minimum Gasteiger partial charge on any atom is -0.351 e. The molecule has 2 aromatic carbocycles. The molecule has 0 saturated heterocycles. The molecule has 7 heteroatoms. The van der Waals surface area contributed by atoms with Crippen LogP contribution in [0.5, 0.6) is 0 Å². The van der Waals surface area contributed by atoms with Gasteiger partial charge in [-0.25, -0.2) is 12.8 Å². The van der Waals surface area contributed by atoms with Crippen molar-refractivity contribution in [2.75, 3.05) is 12.8 Å². The van der Waals surface area contributed by atoms with Crippen LogP contribution in [-0.2, 0) is 27.9 Å². The Kier molecular flexibility index (Phi) is 6.27. The molecule has 2 rings (SSSR count). The van der Waals surface area contributed by atoms with Crippen LogP contribution in [0.1, 0.15) is 16.7 Å². The topological polar surface area (TPSA) is 66.5 Å². The fourth-order valence-corrected chi connectivity index (χ4v) is 3.04. The zero-order valence-electron chi connectivity index (χ0n) is 14.2. The highest BCUT2D eigenvalue weighted by Gasteiger charge is 2.21. The van der Waals surface area contributed by atoms with Gasteiger partial charge < -0.3 is 5.32 Å². The van der Waals surface area contributed by atoms with Gasteiger partial charge in [0, 0.05) is 18.7 Å². The molecule has 1 N–H and O–H groups in total. The number of nitrogens with one attached hydrogen (secondary N) is 1. The molecule has 1 amide bonds. The van der Waals surface area contributed by atoms with E-state index in [4.69, 9.17) is 0 Å². The van der Waals surface area contributed by atoms with Gasteiger partial charge >= 0.3 is 0 Å². The Labute approximate surface area is 147 Å². The van der Waals surface area contributed by atoms with Crippen molar-refractivity contribution in [2.45, 2.75) is 20.0 Å². The molecule has 0 fully saturated rings. The molecule has 0 aliphatic carbocycles. The van der Waals surface area contributed by atoms with Crippen LogP contribution in [0.3, 0.4) is 0 Å². The van der Waals surface area contributed by atoms with E-state index in [1.165, 1.54) is 6.07 Å². The molecule has 0 heterocycles. The average Bonchev–Trinajstić information content (AvgIpc) is 2.54. The molecule has 5 nitrogen and oxygen atoms in total. The van der Waals surface area contributed by atoms with E-state index in [2.05, 4.69) is 5.32 Å². The Morgan fingerprint density at radius 3 is 2.28 bits per heavy atom. The van der Waals surface area contributed by atoms with Gasteiger partial charge in [0.15, 0.2) is 0 Å². The third-order valence-corrected chi connectivity index (χ3v) is 5.03. The van der Waals surface area contributed by atoms with Crippen LogP contribution < -0.4 is 5.32 Å². The summed E-state index contributed by atoms with van der Waals surface area (Å²) in [5.74, 6) is -0.898. The van der Waals surface area contributed by atoms with E-state index in [-0.39, 0.29) is 19.6 Å². The van der Waals surface area contributed by atoms with E-state index < -0.39 is 21.7 Å². The number of hydrogen-bond donors (Lipinski definition) is 1. The Morgan fingerprint density at radius 1 is 1.08 bits per heavy atom. The van der Waals surface area contributed by atoms with Crippen LogP contribution in [0.2, 0.25) is 0 Å². The predicted octanol–water partition coefficient (Wildman–Crippen LogP) is 2.21. The second kappa shape index (κ2) is 8.22. The van der Waals surface area contributed by atoms with Gasteiger partial charge in [0.2, 0.25) is 15.9 Å². The number of sulfonamides is 1. The lowest BCUT2D eigenvalue weighted by atomic mass is 10.1. The number of aryl methyl sites for hydroxylation is 1. The van der Waals surface area contributed by atoms with Crippen molar-refractivity contribution in [3.63, 3.8) is 0 Å². The highest BCUT2D eigenvalue weighted by atomic mass is 32.2. The maximum absolute atomic E-state index is 13.6. The lowest BCUT2D eigenvalue weighted by Gasteiger charge is -2.20. The number of carbonyl (C=O) groups is 1. The van der Waals surface area contributed by atoms with Crippen molar-refractivity contribution < 1.29 is 17.6 Å². The van der Waals surface area contributed by atoms with Crippen molar-refractivity contribution in [3.05, 3.63) is 71.0 Å². The molecule has 0 unspecified atom stereocenters. The second-order valence-electron chi connectivity index (χ2n) is 5.83. The zero-order chi connectivity index (χ0) is 18.4. The minimum atomic E-state index is -3.57. The number of nitrogens with zero attached hydrogens (tertiary/aromatic N) is 1. The highest BCUT2D eigenvalue weighted by molar-refractivity contribution is 7.88. The summed E-state index contributed by atoms with van der Waals surface area (Å²) in [6.45, 7) is 1.68. The molecule has 0 saturated carbocycles. The molecule has 0 aliphatic heterocycles. The Hall–Kier alpha value is -2.25. The number of amides is 1. The quantitative estimate of drug-likeness (QED) is 0.819. The summed E-state index contributed by atoms with van der Waals surface area (Å²) in [5, 5.41) is 2.56. The number of rotatable bonds is 7. The summed E-state index contributed by atoms with van der Waals surface area (Å²) in [6.07, 6.45) is 1.06. The van der Waals surface area contributed by atoms with Crippen LogP contribution in [0.4, 0.5) is 4.39 Å². The number of benzene rings is 2. The third kappa shape index (κ3) is 5.65. The van der Waals surface area contributed by atoms with Crippen LogP contribution in [0.25, 0.3) is 0 Å². The van der Waals surface area contributed by atoms with Crippen LogP contribution in [-0.4, -0.2) is 31.4 Å². The van der Waals surface area contributed by atoms with Gasteiger partial charge in [-0.3, -0.25) is 4.79 Å². The largest absolute Gasteiger partial charge is 0.351 e. The first kappa shape index (κ1) is 19.1. The molecule has 2 aromatic rings. The number of hydrogen-bond acceptors (Lipinski definition) is 3. The van der Waals surface area contributed by atoms with Gasteiger partial charge in [0.1, 0.15) is 5.82 Å². The molecular weight excluding hydrogens is 343 g/mol. The average molecular weight is 364 g/mol. The lowest BCUT2D eigenvalue weighted by molar-refractivity contribution is -0.121. The van der Waals surface area contributed by atoms with Crippen LogP contribution >= 0.6 is 0 Å². The van der Waals surface area contributed by atoms with Crippen molar-refractivity contribution in [1.82, 2.24) is 9.62 Å². The summed E-state index contributed by atoms with van der Waals surface area (Å²) in [7, 11) is -3.57. The first-order chi connectivity index (χ1) is 11.8. The molecule has 0 radical (unpaired) electrons. The molecule has 0 bridgehead atoms. The normalized spacial score (nSPS) is 11.5. The fraction of sp³-hybridized carbons (Fsp3) is 0.278. The first-order valence-electron chi connectivity index (χ1n) is 7.77. The third-order valence-electron chi connectivity index (χ3n) is 3.83. The van der Waals surface area contributed by atoms with Crippen molar-refractivity contribution in [1.29, 1.82) is 0 Å². The Bertz CT molecular complexity index is 853. The van der Waals surface area contributed by atoms with Gasteiger partial charge in [-0.2, -0.15) is 4.31 Å². The van der Waals surface area contributed by atoms with E-state index in [0.717, 1.165) is 21.7 Å². The van der Waals surface area contributed by atoms with E-state index in [9.17, 15) is 17.6 Å². The summed E-state index contributed by atoms with van der Waals surface area (Å²) in [6, 6.07) is 13.5. The lowest BCUT2D eigenvalue weighted by Crippen LogP contribution is -2.39. The minimum absolute atomic E-state index is 0.00741. The zero-order valence-corrected chi connectivity index (χ0v) is 15.0. The van der Waals surface area contributed by atoms with E-state index in [1.807, 2.05) is 31.2 Å². The van der Waals surface area contributed by atoms with E-state index in [0.29, 0.717) is 5.56 Å². The fourth-order valence-electron chi connectivity index (χ4n) is 2.32. The second-order valence-corrected chi connectivity index (χ2v) is 7.81. The van der Waals surface area contributed by atoms with Crippen molar-refractivity contribution in [2.24, 2.45) is 0 Å². The SMILES string of the molecule is Cc1ccccc1CN(CC(=O)NCc1ccccc1F)S(C)(=O)=O. The van der Waals surface area contributed by atoms with Gasteiger partial charge in [0.25, 0.3) is 0 Å². The summed E-state index contributed by atoms with van der Waals surface area (Å²) in [4.78, 5) is 12.1. The van der Waals surface area contributed by atoms with Gasteiger partial charge in [0.05, 0.1) is 12.8 Å². The molecular formula is C18H21FN2O3S. The molecule has 0 aliphatic rings. The molecule has 0 atom stereocenters. The van der Waals surface area contributed by atoms with Crippen molar-refractivity contribution in [3.8, 4) is 0 Å². The summed E-state index contributed by atoms with van der Waals surface area (Å²) < 4.78 is 38.7. The summed E-state index contributed by atoms with van der Waals surface area (Å²) >= 11 is 0. The Morgan fingerprint density at radius 2 is 1.68 bits per heavy atom. The van der Waals surface area contributed by atoms with Gasteiger partial charge in [-0.15, -0.1) is 0 Å². The molecule has 0 spiro atoms. The van der Waals surface area contributed by atoms with Gasteiger partial charge in [-0.1, -0.05) is 42.5 Å². The van der Waals surface area contributed by atoms with Crippen molar-refractivity contribution >= 4 is 15.9 Å². The Balaban J connectivity index is 2.03. The van der Waals surface area contributed by atoms with E-state index >= 15 is 0 Å². The predicted molar refractivity (Wildman–Crippen MR) is 94.7 cm³/mol. The number of halogens is 1. The van der Waals surface area contributed by atoms with Crippen LogP contribution in [0, 0.1) is 12.7 Å². The summed E-state index contributed by atoms with van der Waals surface area (Å²) in [5.41, 5.74) is 2.12. The maximum atomic E-state index is 13.6. The first-order valence-corrected chi connectivity index (χ1v) is 9.62. The van der Waals surface area contributed by atoms with Crippen LogP contribution in [0.15, 0.2) is 48.5 Å². The number of carbonyl (C=O) groups excluding carboxylic acids is 1. The standard InChI is InChI=1S/C18H21FN2O3S/c1-14-7-3-4-9-16(14)12-21(25(2,23)24)13-18(22)20-11-15-8-5-6-10-17(15)19/h3-10H,11-13H2,1-2H3,(H,20,22). The smallest absolute Gasteiger partial charge is 0.235 e. The maximum Gasteiger partial charge on any atom is 0.235 e. The highest BCUT2D eigenvalue weighted by Crippen LogP contribution is 2.13. The molecule has 134 valence electrons. The molecule has 25 heavy (non-hydrogen) atoms. The molecule has 0 aromatic heterocycles. The van der Waals surface area contributed by atoms with Gasteiger partial charge in [-0.05, 0) is 24.1 Å².